The average molecular weight is 210 g/mol. The van der Waals surface area contributed by atoms with Crippen LogP contribution in [0.15, 0.2) is 0 Å². The fraction of sp³-hybridized carbons (Fsp3) is 1.00. The molecule has 2 nitrogen and oxygen atoms in total. The molecule has 0 bridgehead atoms. The third-order valence-electron chi connectivity index (χ3n) is 2.47. The molecule has 1 heterocycles. The molecule has 0 aromatic rings. The Balaban J connectivity index is 2.32. The van der Waals surface area contributed by atoms with Crippen LogP contribution in [0.25, 0.3) is 0 Å². The molecule has 0 aromatic heterocycles. The summed E-state index contributed by atoms with van der Waals surface area (Å²) in [7, 11) is 1.59. The van der Waals surface area contributed by atoms with Crippen LogP contribution in [0.4, 0.5) is 12.9 Å². The van der Waals surface area contributed by atoms with Crippen LogP contribution in [0.2, 0.25) is 0 Å². The summed E-state index contributed by atoms with van der Waals surface area (Å²) in [4.78, 5) is 1.49. The minimum atomic E-state index is -4.68. The van der Waals surface area contributed by atoms with Gasteiger partial charge in [-0.15, -0.1) is 0 Å². The van der Waals surface area contributed by atoms with Gasteiger partial charge in [-0.2, -0.15) is 0 Å². The van der Waals surface area contributed by atoms with Crippen molar-refractivity contribution in [1.82, 2.24) is 4.90 Å². The van der Waals surface area contributed by atoms with Gasteiger partial charge in [0.25, 0.3) is 0 Å². The third kappa shape index (κ3) is 4.33. The van der Waals surface area contributed by atoms with Crippen molar-refractivity contribution in [2.75, 3.05) is 33.3 Å². The van der Waals surface area contributed by atoms with Gasteiger partial charge in [0.2, 0.25) is 0 Å². The number of likely N-dealkylation sites (tertiary alicyclic amines) is 1. The predicted molar refractivity (Wildman–Crippen MR) is 50.1 cm³/mol. The molecule has 14 heavy (non-hydrogen) atoms. The number of piperidine rings is 1. The highest BCUT2D eigenvalue weighted by Gasteiger charge is 2.29. The molecule has 6 heteroatoms. The summed E-state index contributed by atoms with van der Waals surface area (Å²) >= 11 is 0. The van der Waals surface area contributed by atoms with Crippen molar-refractivity contribution in [3.05, 3.63) is 0 Å². The maximum Gasteiger partial charge on any atom is 0.492 e. The highest BCUT2D eigenvalue weighted by Crippen LogP contribution is 2.19. The van der Waals surface area contributed by atoms with E-state index < -0.39 is 13.4 Å². The van der Waals surface area contributed by atoms with Gasteiger partial charge in [-0.25, -0.2) is 0 Å². The molecule has 0 N–H and O–H groups in total. The van der Waals surface area contributed by atoms with Gasteiger partial charge >= 0.3 is 6.98 Å². The maximum atomic E-state index is 12.1. The van der Waals surface area contributed by atoms with Crippen LogP contribution < -0.4 is 0 Å². The first kappa shape index (κ1) is 11.8. The van der Waals surface area contributed by atoms with E-state index in [2.05, 4.69) is 0 Å². The average Bonchev–Trinajstić information content (AvgIpc) is 2.02. The first-order valence-electron chi connectivity index (χ1n) is 4.93. The molecule has 0 spiro atoms. The van der Waals surface area contributed by atoms with Crippen molar-refractivity contribution >= 4 is 6.98 Å². The van der Waals surface area contributed by atoms with Crippen LogP contribution in [0, 0.1) is 5.92 Å². The van der Waals surface area contributed by atoms with Gasteiger partial charge in [0.05, 0.1) is 6.61 Å². The zero-order chi connectivity index (χ0) is 10.6. The lowest BCUT2D eigenvalue weighted by Gasteiger charge is -2.35. The van der Waals surface area contributed by atoms with Gasteiger partial charge in [-0.1, -0.05) is 0 Å². The van der Waals surface area contributed by atoms with E-state index in [1.54, 1.807) is 7.11 Å². The second kappa shape index (κ2) is 5.02. The summed E-state index contributed by atoms with van der Waals surface area (Å²) in [5.74, 6) is 0.270. The number of nitrogens with zero attached hydrogens (tertiary/aromatic N) is 1. The Hall–Kier alpha value is -0.225. The Morgan fingerprint density at radius 1 is 1.43 bits per heavy atom. The molecular weight excluding hydrogens is 194 g/mol. The van der Waals surface area contributed by atoms with Gasteiger partial charge in [0.15, 0.2) is 0 Å². The first-order valence-corrected chi connectivity index (χ1v) is 4.93. The zero-order valence-corrected chi connectivity index (χ0v) is 8.39. The van der Waals surface area contributed by atoms with E-state index in [4.69, 9.17) is 4.74 Å². The van der Waals surface area contributed by atoms with Crippen LogP contribution in [-0.4, -0.2) is 45.1 Å². The Morgan fingerprint density at radius 2 is 2.14 bits per heavy atom. The Morgan fingerprint density at radius 3 is 2.71 bits per heavy atom. The number of rotatable bonds is 4. The molecule has 1 aliphatic rings. The maximum absolute atomic E-state index is 12.1. The van der Waals surface area contributed by atoms with Crippen LogP contribution >= 0.6 is 0 Å². The molecule has 0 aromatic carbocycles. The lowest BCUT2D eigenvalue weighted by atomic mass is 9.88. The van der Waals surface area contributed by atoms with Crippen molar-refractivity contribution in [2.24, 2.45) is 5.92 Å². The molecule has 1 fully saturated rings. The summed E-state index contributed by atoms with van der Waals surface area (Å²) in [6.07, 6.45) is 1.11. The first-order chi connectivity index (χ1) is 6.51. The van der Waals surface area contributed by atoms with Gasteiger partial charge in [-0.3, -0.25) is 0 Å². The Kier molecular flexibility index (Phi) is 4.25. The van der Waals surface area contributed by atoms with Crippen molar-refractivity contribution in [3.63, 3.8) is 0 Å². The highest BCUT2D eigenvalue weighted by atomic mass is 19.4. The minimum absolute atomic E-state index is 0.270. The summed E-state index contributed by atoms with van der Waals surface area (Å²) in [5.41, 5.74) is 0. The molecule has 0 amide bonds. The fourth-order valence-electron chi connectivity index (χ4n) is 1.98. The lowest BCUT2D eigenvalue weighted by molar-refractivity contribution is 0.0944. The lowest BCUT2D eigenvalue weighted by Crippen LogP contribution is -2.44. The summed E-state index contributed by atoms with van der Waals surface area (Å²) in [6.45, 7) is -3.01. The SMILES string of the molecule is COCC1CCCN(C[B-](F)(F)F)C1. The largest absolute Gasteiger partial charge is 0.492 e. The molecule has 84 valence electrons. The molecule has 1 unspecified atom stereocenters. The van der Waals surface area contributed by atoms with Crippen LogP contribution in [0.1, 0.15) is 12.8 Å². The van der Waals surface area contributed by atoms with Crippen molar-refractivity contribution < 1.29 is 17.7 Å². The molecule has 1 aliphatic heterocycles. The quantitative estimate of drug-likeness (QED) is 0.655. The molecule has 1 atom stereocenters. The topological polar surface area (TPSA) is 12.5 Å². The smallest absolute Gasteiger partial charge is 0.448 e. The number of hydrogen-bond donors (Lipinski definition) is 0. The van der Waals surface area contributed by atoms with E-state index in [1.807, 2.05) is 0 Å². The minimum Gasteiger partial charge on any atom is -0.448 e. The van der Waals surface area contributed by atoms with E-state index in [0.29, 0.717) is 19.7 Å². The van der Waals surface area contributed by atoms with E-state index in [1.165, 1.54) is 4.90 Å². The van der Waals surface area contributed by atoms with Crippen LogP contribution in [0.5, 0.6) is 0 Å². The summed E-state index contributed by atoms with van der Waals surface area (Å²) in [6, 6.07) is 0. The summed E-state index contributed by atoms with van der Waals surface area (Å²) < 4.78 is 41.4. The number of halogens is 3. The second-order valence-corrected chi connectivity index (χ2v) is 3.93. The Bertz CT molecular complexity index is 174. The molecule has 0 radical (unpaired) electrons. The highest BCUT2D eigenvalue weighted by molar-refractivity contribution is 6.58. The number of ether oxygens (including phenoxy) is 1. The van der Waals surface area contributed by atoms with E-state index in [0.717, 1.165) is 12.8 Å². The Labute approximate surface area is 82.5 Å². The predicted octanol–water partition coefficient (Wildman–Crippen LogP) is 1.73. The second-order valence-electron chi connectivity index (χ2n) is 3.93. The molecule has 0 saturated carbocycles. The molecule has 1 rings (SSSR count). The monoisotopic (exact) mass is 210 g/mol. The third-order valence-corrected chi connectivity index (χ3v) is 2.47. The van der Waals surface area contributed by atoms with Crippen molar-refractivity contribution in [1.29, 1.82) is 0 Å². The molecular formula is C8H16BF3NO-. The van der Waals surface area contributed by atoms with E-state index >= 15 is 0 Å². The van der Waals surface area contributed by atoms with Crippen LogP contribution in [0.3, 0.4) is 0 Å². The van der Waals surface area contributed by atoms with E-state index in [-0.39, 0.29) is 5.92 Å². The van der Waals surface area contributed by atoms with Gasteiger partial charge in [-0.05, 0) is 38.3 Å². The van der Waals surface area contributed by atoms with Crippen LogP contribution in [-0.2, 0) is 4.74 Å². The number of hydrogen-bond acceptors (Lipinski definition) is 2. The van der Waals surface area contributed by atoms with Gasteiger partial charge < -0.3 is 22.6 Å². The normalized spacial score (nSPS) is 25.3. The van der Waals surface area contributed by atoms with Gasteiger partial charge in [0.1, 0.15) is 0 Å². The van der Waals surface area contributed by atoms with Crippen molar-refractivity contribution in [2.45, 2.75) is 12.8 Å². The molecule has 0 aliphatic carbocycles. The van der Waals surface area contributed by atoms with Gasteiger partial charge in [0, 0.05) is 7.11 Å². The van der Waals surface area contributed by atoms with E-state index in [9.17, 15) is 12.9 Å². The standard InChI is InChI=1S/C8H16BF3NO/c1-14-6-8-3-2-4-13(5-8)7-9(10,11)12/h8H,2-7H2,1H3/q-1. The number of methoxy groups -OCH3 is 1. The zero-order valence-electron chi connectivity index (χ0n) is 8.39. The molecule has 1 saturated heterocycles. The summed E-state index contributed by atoms with van der Waals surface area (Å²) in [5, 5.41) is 0. The van der Waals surface area contributed by atoms with Crippen molar-refractivity contribution in [3.8, 4) is 0 Å². The fourth-order valence-corrected chi connectivity index (χ4v) is 1.98.